The predicted octanol–water partition coefficient (Wildman–Crippen LogP) is 1.10. The number of carboxylic acids is 1. The fourth-order valence-corrected chi connectivity index (χ4v) is 1.62. The summed E-state index contributed by atoms with van der Waals surface area (Å²) < 4.78 is 0. The number of benzene rings is 1. The van der Waals surface area contributed by atoms with Gasteiger partial charge in [-0.25, -0.2) is 4.79 Å². The Morgan fingerprint density at radius 3 is 1.50 bits per heavy atom. The Hall–Kier alpha value is -0.310. The van der Waals surface area contributed by atoms with Crippen molar-refractivity contribution in [1.82, 2.24) is 0 Å². The SMILES string of the molecule is CC(C)(C)c1cc(C(=O)O)cc(C(C)(C)C)c1.[H-].[Na+]. The molecule has 0 fully saturated rings. The third kappa shape index (κ3) is 4.42. The molecular weight excluding hydrogens is 235 g/mol. The van der Waals surface area contributed by atoms with Crippen molar-refractivity contribution in [3.63, 3.8) is 0 Å². The van der Waals surface area contributed by atoms with Crippen LogP contribution in [0.4, 0.5) is 0 Å². The molecule has 0 aromatic heterocycles. The van der Waals surface area contributed by atoms with Gasteiger partial charge in [-0.1, -0.05) is 47.6 Å². The van der Waals surface area contributed by atoms with E-state index in [1.807, 2.05) is 0 Å². The summed E-state index contributed by atoms with van der Waals surface area (Å²) in [6.07, 6.45) is 0. The minimum Gasteiger partial charge on any atom is -1.00 e. The summed E-state index contributed by atoms with van der Waals surface area (Å²) in [7, 11) is 0. The van der Waals surface area contributed by atoms with Gasteiger partial charge in [-0.15, -0.1) is 0 Å². The molecule has 96 valence electrons. The van der Waals surface area contributed by atoms with Gasteiger partial charge in [0.1, 0.15) is 0 Å². The van der Waals surface area contributed by atoms with Crippen molar-refractivity contribution < 1.29 is 40.9 Å². The van der Waals surface area contributed by atoms with Crippen LogP contribution in [-0.2, 0) is 10.8 Å². The van der Waals surface area contributed by atoms with Crippen LogP contribution in [0.15, 0.2) is 18.2 Å². The maximum Gasteiger partial charge on any atom is 1.00 e. The van der Waals surface area contributed by atoms with Crippen molar-refractivity contribution in [2.45, 2.75) is 52.4 Å². The summed E-state index contributed by atoms with van der Waals surface area (Å²) in [5, 5.41) is 9.17. The van der Waals surface area contributed by atoms with E-state index in [4.69, 9.17) is 5.11 Å². The number of hydrogen-bond donors (Lipinski definition) is 1. The summed E-state index contributed by atoms with van der Waals surface area (Å²) in [5.41, 5.74) is 2.45. The van der Waals surface area contributed by atoms with Gasteiger partial charge in [0.15, 0.2) is 0 Å². The van der Waals surface area contributed by atoms with Gasteiger partial charge in [-0.05, 0) is 34.1 Å². The first-order chi connectivity index (χ1) is 7.51. The van der Waals surface area contributed by atoms with E-state index in [9.17, 15) is 4.79 Å². The molecule has 0 aliphatic rings. The zero-order valence-electron chi connectivity index (χ0n) is 13.6. The second-order valence-electron chi connectivity index (χ2n) is 6.60. The van der Waals surface area contributed by atoms with Crippen molar-refractivity contribution >= 4 is 5.97 Å². The number of carboxylic acid groups (broad SMARTS) is 1. The Labute approximate surface area is 134 Å². The minimum absolute atomic E-state index is 0. The molecule has 0 spiro atoms. The Bertz CT molecular complexity index is 410. The molecule has 0 amide bonds. The standard InChI is InChI=1S/C15H22O2.Na.H/c1-14(2,3)11-7-10(13(16)17)8-12(9-11)15(4,5)6;;/h7-9H,1-6H3,(H,16,17);;/q;+1;-1. The van der Waals surface area contributed by atoms with Crippen LogP contribution >= 0.6 is 0 Å². The summed E-state index contributed by atoms with van der Waals surface area (Å²) in [5.74, 6) is -0.860. The van der Waals surface area contributed by atoms with Gasteiger partial charge < -0.3 is 6.53 Å². The molecule has 0 aliphatic heterocycles. The molecule has 1 N–H and O–H groups in total. The quantitative estimate of drug-likeness (QED) is 0.766. The van der Waals surface area contributed by atoms with Crippen molar-refractivity contribution in [3.8, 4) is 0 Å². The molecule has 0 saturated heterocycles. The third-order valence-electron chi connectivity index (χ3n) is 2.91. The summed E-state index contributed by atoms with van der Waals surface area (Å²) in [4.78, 5) is 11.2. The average Bonchev–Trinajstić information content (AvgIpc) is 2.14. The van der Waals surface area contributed by atoms with Gasteiger partial charge in [0.2, 0.25) is 0 Å². The van der Waals surface area contributed by atoms with Crippen LogP contribution in [0.3, 0.4) is 0 Å². The molecule has 0 unspecified atom stereocenters. The molecule has 1 aromatic carbocycles. The predicted molar refractivity (Wildman–Crippen MR) is 71.9 cm³/mol. The second-order valence-corrected chi connectivity index (χ2v) is 6.60. The molecular formula is C15H23NaO2. The number of rotatable bonds is 1. The van der Waals surface area contributed by atoms with Gasteiger partial charge >= 0.3 is 35.5 Å². The van der Waals surface area contributed by atoms with Crippen molar-refractivity contribution in [3.05, 3.63) is 34.9 Å². The van der Waals surface area contributed by atoms with E-state index in [1.165, 1.54) is 0 Å². The Morgan fingerprint density at radius 1 is 0.944 bits per heavy atom. The largest absolute Gasteiger partial charge is 1.00 e. The third-order valence-corrected chi connectivity index (χ3v) is 2.91. The summed E-state index contributed by atoms with van der Waals surface area (Å²) in [6, 6.07) is 5.67. The zero-order valence-corrected chi connectivity index (χ0v) is 14.6. The van der Waals surface area contributed by atoms with E-state index in [0.717, 1.165) is 11.1 Å². The van der Waals surface area contributed by atoms with Crippen LogP contribution in [0.2, 0.25) is 0 Å². The number of hydrogen-bond acceptors (Lipinski definition) is 1. The smallest absolute Gasteiger partial charge is 1.00 e. The van der Waals surface area contributed by atoms with Crippen LogP contribution in [0.5, 0.6) is 0 Å². The van der Waals surface area contributed by atoms with Gasteiger partial charge in [-0.3, -0.25) is 0 Å². The van der Waals surface area contributed by atoms with Crippen LogP contribution in [0.25, 0.3) is 0 Å². The Balaban J connectivity index is 0. The van der Waals surface area contributed by atoms with Crippen LogP contribution < -0.4 is 29.6 Å². The van der Waals surface area contributed by atoms with Crippen molar-refractivity contribution in [2.24, 2.45) is 0 Å². The second kappa shape index (κ2) is 5.77. The molecule has 1 aromatic rings. The van der Waals surface area contributed by atoms with E-state index >= 15 is 0 Å². The fraction of sp³-hybridized carbons (Fsp3) is 0.533. The van der Waals surface area contributed by atoms with Gasteiger partial charge in [0.05, 0.1) is 5.56 Å². The first-order valence-corrected chi connectivity index (χ1v) is 5.91. The van der Waals surface area contributed by atoms with Gasteiger partial charge in [0.25, 0.3) is 0 Å². The maximum absolute atomic E-state index is 11.2. The Kier molecular flexibility index (Phi) is 5.67. The van der Waals surface area contributed by atoms with Crippen molar-refractivity contribution in [2.75, 3.05) is 0 Å². The van der Waals surface area contributed by atoms with E-state index in [-0.39, 0.29) is 41.8 Å². The van der Waals surface area contributed by atoms with E-state index < -0.39 is 5.97 Å². The molecule has 0 heterocycles. The van der Waals surface area contributed by atoms with Crippen LogP contribution in [-0.4, -0.2) is 11.1 Å². The maximum atomic E-state index is 11.2. The molecule has 0 saturated carbocycles. The Morgan fingerprint density at radius 2 is 1.28 bits per heavy atom. The first kappa shape index (κ1) is 17.7. The first-order valence-electron chi connectivity index (χ1n) is 5.91. The minimum atomic E-state index is -0.860. The summed E-state index contributed by atoms with van der Waals surface area (Å²) >= 11 is 0. The molecule has 0 aliphatic carbocycles. The fourth-order valence-electron chi connectivity index (χ4n) is 1.62. The topological polar surface area (TPSA) is 37.3 Å². The monoisotopic (exact) mass is 258 g/mol. The molecule has 3 heteroatoms. The van der Waals surface area contributed by atoms with E-state index in [1.54, 1.807) is 12.1 Å². The number of carbonyl (C=O) groups is 1. The van der Waals surface area contributed by atoms with E-state index in [0.29, 0.717) is 5.56 Å². The van der Waals surface area contributed by atoms with Crippen LogP contribution in [0, 0.1) is 0 Å². The normalized spacial score (nSPS) is 11.9. The average molecular weight is 258 g/mol. The summed E-state index contributed by atoms with van der Waals surface area (Å²) in [6.45, 7) is 12.6. The molecule has 0 bridgehead atoms. The molecule has 1 rings (SSSR count). The molecule has 0 radical (unpaired) electrons. The van der Waals surface area contributed by atoms with Gasteiger partial charge in [-0.2, -0.15) is 0 Å². The molecule has 0 atom stereocenters. The molecule has 18 heavy (non-hydrogen) atoms. The number of aromatic carboxylic acids is 1. The van der Waals surface area contributed by atoms with Gasteiger partial charge in [0, 0.05) is 0 Å². The van der Waals surface area contributed by atoms with Crippen molar-refractivity contribution in [1.29, 1.82) is 0 Å². The van der Waals surface area contributed by atoms with Crippen LogP contribution in [0.1, 0.15) is 64.5 Å². The zero-order chi connectivity index (χ0) is 13.4. The van der Waals surface area contributed by atoms with E-state index in [2.05, 4.69) is 47.6 Å². The molecule has 2 nitrogen and oxygen atoms in total.